The lowest BCUT2D eigenvalue weighted by Gasteiger charge is -2.06. The molecule has 0 aliphatic carbocycles. The van der Waals surface area contributed by atoms with Gasteiger partial charge in [0.1, 0.15) is 0 Å². The Morgan fingerprint density at radius 1 is 1.60 bits per heavy atom. The molecule has 0 heterocycles. The van der Waals surface area contributed by atoms with Gasteiger partial charge in [-0.2, -0.15) is 11.8 Å². The van der Waals surface area contributed by atoms with Gasteiger partial charge in [-0.15, -0.1) is 0 Å². The first kappa shape index (κ1) is 10.3. The van der Waals surface area contributed by atoms with Crippen molar-refractivity contribution in [1.82, 2.24) is 0 Å². The SMILES string of the molecule is CCC(N)CSCCOC. The molecule has 0 aliphatic rings. The van der Waals surface area contributed by atoms with E-state index >= 15 is 0 Å². The maximum Gasteiger partial charge on any atom is 0.0552 e. The van der Waals surface area contributed by atoms with Gasteiger partial charge in [0, 0.05) is 24.7 Å². The third-order valence-electron chi connectivity index (χ3n) is 1.29. The van der Waals surface area contributed by atoms with Crippen LogP contribution in [-0.2, 0) is 4.74 Å². The van der Waals surface area contributed by atoms with Crippen molar-refractivity contribution in [2.75, 3.05) is 25.2 Å². The summed E-state index contributed by atoms with van der Waals surface area (Å²) in [6.07, 6.45) is 1.07. The van der Waals surface area contributed by atoms with Crippen molar-refractivity contribution >= 4 is 11.8 Å². The Morgan fingerprint density at radius 2 is 2.30 bits per heavy atom. The number of hydrogen-bond donors (Lipinski definition) is 1. The number of rotatable bonds is 6. The minimum absolute atomic E-state index is 0.363. The summed E-state index contributed by atoms with van der Waals surface area (Å²) in [5.74, 6) is 2.12. The molecule has 0 amide bonds. The molecule has 0 aromatic rings. The van der Waals surface area contributed by atoms with E-state index in [0.29, 0.717) is 6.04 Å². The molecule has 0 fully saturated rings. The fourth-order valence-corrected chi connectivity index (χ4v) is 1.48. The normalized spacial score (nSPS) is 13.5. The second-order valence-corrected chi connectivity index (χ2v) is 3.39. The van der Waals surface area contributed by atoms with Crippen LogP contribution in [0.25, 0.3) is 0 Å². The molecular weight excluding hydrogens is 146 g/mol. The van der Waals surface area contributed by atoms with Crippen molar-refractivity contribution in [3.63, 3.8) is 0 Å². The fraction of sp³-hybridized carbons (Fsp3) is 1.00. The molecule has 0 rings (SSSR count). The average molecular weight is 163 g/mol. The van der Waals surface area contributed by atoms with Gasteiger partial charge in [0.15, 0.2) is 0 Å². The zero-order chi connectivity index (χ0) is 7.82. The van der Waals surface area contributed by atoms with Gasteiger partial charge in [0.25, 0.3) is 0 Å². The maximum atomic E-state index is 5.69. The van der Waals surface area contributed by atoms with Crippen molar-refractivity contribution in [2.24, 2.45) is 5.73 Å². The summed E-state index contributed by atoms with van der Waals surface area (Å²) < 4.78 is 4.90. The third kappa shape index (κ3) is 6.39. The Morgan fingerprint density at radius 3 is 2.80 bits per heavy atom. The Hall–Kier alpha value is 0.270. The molecule has 0 bridgehead atoms. The minimum atomic E-state index is 0.363. The Kier molecular flexibility index (Phi) is 7.58. The monoisotopic (exact) mass is 163 g/mol. The van der Waals surface area contributed by atoms with Gasteiger partial charge in [0.05, 0.1) is 6.61 Å². The van der Waals surface area contributed by atoms with Crippen molar-refractivity contribution < 1.29 is 4.74 Å². The first-order valence-electron chi connectivity index (χ1n) is 3.63. The second kappa shape index (κ2) is 7.38. The van der Waals surface area contributed by atoms with Gasteiger partial charge in [-0.1, -0.05) is 6.92 Å². The first-order valence-corrected chi connectivity index (χ1v) is 4.79. The molecule has 62 valence electrons. The molecule has 2 nitrogen and oxygen atoms in total. The molecule has 0 spiro atoms. The van der Waals surface area contributed by atoms with Crippen LogP contribution in [0.15, 0.2) is 0 Å². The molecule has 1 unspecified atom stereocenters. The molecular formula is C7H17NOS. The summed E-state index contributed by atoms with van der Waals surface area (Å²) in [5, 5.41) is 0. The lowest BCUT2D eigenvalue weighted by atomic mass is 10.3. The molecule has 3 heteroatoms. The summed E-state index contributed by atoms with van der Waals surface area (Å²) in [4.78, 5) is 0. The highest BCUT2D eigenvalue weighted by molar-refractivity contribution is 7.99. The highest BCUT2D eigenvalue weighted by Gasteiger charge is 1.97. The lowest BCUT2D eigenvalue weighted by Crippen LogP contribution is -2.21. The predicted octanol–water partition coefficient (Wildman–Crippen LogP) is 1.10. The largest absolute Gasteiger partial charge is 0.384 e. The van der Waals surface area contributed by atoms with Crippen molar-refractivity contribution in [3.05, 3.63) is 0 Å². The molecule has 0 aromatic carbocycles. The molecule has 0 saturated carbocycles. The highest BCUT2D eigenvalue weighted by atomic mass is 32.2. The molecule has 0 radical (unpaired) electrons. The molecule has 1 atom stereocenters. The van der Waals surface area contributed by atoms with Crippen molar-refractivity contribution in [2.45, 2.75) is 19.4 Å². The van der Waals surface area contributed by atoms with Crippen LogP contribution in [0.5, 0.6) is 0 Å². The Bertz CT molecular complexity index is 70.6. The van der Waals surface area contributed by atoms with E-state index < -0.39 is 0 Å². The molecule has 2 N–H and O–H groups in total. The average Bonchev–Trinajstić information content (AvgIpc) is 1.98. The Labute approximate surface area is 67.5 Å². The van der Waals surface area contributed by atoms with Crippen LogP contribution < -0.4 is 5.73 Å². The van der Waals surface area contributed by atoms with Crippen LogP contribution in [-0.4, -0.2) is 31.3 Å². The minimum Gasteiger partial charge on any atom is -0.384 e. The molecule has 0 aromatic heterocycles. The van der Waals surface area contributed by atoms with Gasteiger partial charge in [-0.05, 0) is 6.42 Å². The van der Waals surface area contributed by atoms with Gasteiger partial charge in [-0.25, -0.2) is 0 Å². The quantitative estimate of drug-likeness (QED) is 0.596. The van der Waals surface area contributed by atoms with E-state index in [1.54, 1.807) is 7.11 Å². The van der Waals surface area contributed by atoms with E-state index in [-0.39, 0.29) is 0 Å². The maximum absolute atomic E-state index is 5.69. The van der Waals surface area contributed by atoms with Gasteiger partial charge in [-0.3, -0.25) is 0 Å². The smallest absolute Gasteiger partial charge is 0.0552 e. The highest BCUT2D eigenvalue weighted by Crippen LogP contribution is 2.02. The zero-order valence-corrected chi connectivity index (χ0v) is 7.62. The van der Waals surface area contributed by atoms with Crippen LogP contribution in [0.1, 0.15) is 13.3 Å². The summed E-state index contributed by atoms with van der Waals surface area (Å²) in [5.41, 5.74) is 5.69. The van der Waals surface area contributed by atoms with E-state index in [2.05, 4.69) is 6.92 Å². The standard InChI is InChI=1S/C7H17NOS/c1-3-7(8)6-10-5-4-9-2/h7H,3-6,8H2,1-2H3. The summed E-state index contributed by atoms with van der Waals surface area (Å²) in [7, 11) is 1.72. The second-order valence-electron chi connectivity index (χ2n) is 2.24. The van der Waals surface area contributed by atoms with Crippen LogP contribution >= 0.6 is 11.8 Å². The third-order valence-corrected chi connectivity index (χ3v) is 2.41. The van der Waals surface area contributed by atoms with Crippen LogP contribution in [0.2, 0.25) is 0 Å². The van der Waals surface area contributed by atoms with E-state index in [1.165, 1.54) is 0 Å². The van der Waals surface area contributed by atoms with E-state index in [9.17, 15) is 0 Å². The lowest BCUT2D eigenvalue weighted by molar-refractivity contribution is 0.218. The topological polar surface area (TPSA) is 35.2 Å². The van der Waals surface area contributed by atoms with Crippen LogP contribution in [0.4, 0.5) is 0 Å². The van der Waals surface area contributed by atoms with Crippen LogP contribution in [0.3, 0.4) is 0 Å². The molecule has 10 heavy (non-hydrogen) atoms. The zero-order valence-electron chi connectivity index (χ0n) is 6.80. The van der Waals surface area contributed by atoms with Crippen LogP contribution in [0, 0.1) is 0 Å². The fourth-order valence-electron chi connectivity index (χ4n) is 0.495. The van der Waals surface area contributed by atoms with Crippen molar-refractivity contribution in [3.8, 4) is 0 Å². The Balaban J connectivity index is 2.89. The number of hydrogen-bond acceptors (Lipinski definition) is 3. The number of nitrogens with two attached hydrogens (primary N) is 1. The summed E-state index contributed by atoms with van der Waals surface area (Å²) >= 11 is 1.86. The predicted molar refractivity (Wildman–Crippen MR) is 47.5 cm³/mol. The first-order chi connectivity index (χ1) is 4.81. The number of thioether (sulfide) groups is 1. The van der Waals surface area contributed by atoms with Gasteiger partial charge in [0.2, 0.25) is 0 Å². The molecule has 0 saturated heterocycles. The van der Waals surface area contributed by atoms with E-state index in [1.807, 2.05) is 11.8 Å². The summed E-state index contributed by atoms with van der Waals surface area (Å²) in [6, 6.07) is 0.363. The molecule has 0 aliphatic heterocycles. The van der Waals surface area contributed by atoms with Gasteiger partial charge < -0.3 is 10.5 Å². The number of ether oxygens (including phenoxy) is 1. The number of methoxy groups -OCH3 is 1. The van der Waals surface area contributed by atoms with Gasteiger partial charge >= 0.3 is 0 Å². The summed E-state index contributed by atoms with van der Waals surface area (Å²) in [6.45, 7) is 2.95. The van der Waals surface area contributed by atoms with E-state index in [0.717, 1.165) is 24.5 Å². The van der Waals surface area contributed by atoms with Crippen molar-refractivity contribution in [1.29, 1.82) is 0 Å². The van der Waals surface area contributed by atoms with E-state index in [4.69, 9.17) is 10.5 Å².